The molecule has 0 aromatic heterocycles. The number of carboxylic acid groups (broad SMARTS) is 1. The minimum atomic E-state index is -1.20. The molecule has 0 spiro atoms. The molecule has 0 aliphatic carbocycles. The van der Waals surface area contributed by atoms with Crippen LogP contribution >= 0.6 is 0 Å². The van der Waals surface area contributed by atoms with Crippen LogP contribution < -0.4 is 10.6 Å². The summed E-state index contributed by atoms with van der Waals surface area (Å²) >= 11 is 0. The third-order valence-electron chi connectivity index (χ3n) is 3.20. The van der Waals surface area contributed by atoms with E-state index < -0.39 is 48.2 Å². The minimum absolute atomic E-state index is 0.317. The lowest BCUT2D eigenvalue weighted by Gasteiger charge is -2.24. The Hall–Kier alpha value is -2.71. The highest BCUT2D eigenvalue weighted by atomic mass is 16.4. The molecule has 23 heavy (non-hydrogen) atoms. The van der Waals surface area contributed by atoms with Gasteiger partial charge in [-0.3, -0.25) is 28.9 Å². The molecule has 2 unspecified atom stereocenters. The van der Waals surface area contributed by atoms with Gasteiger partial charge in [0.1, 0.15) is 18.6 Å². The SMILES string of the molecule is CC(NC(=O)C(NC(=O)CN1C(=O)C=CC1=O)C(C)C)C(=O)O. The minimum Gasteiger partial charge on any atom is -0.480 e. The Labute approximate surface area is 132 Å². The average Bonchev–Trinajstić information content (AvgIpc) is 2.75. The zero-order valence-electron chi connectivity index (χ0n) is 13.0. The van der Waals surface area contributed by atoms with E-state index in [0.717, 1.165) is 17.1 Å². The zero-order chi connectivity index (χ0) is 17.7. The number of amides is 4. The molecule has 0 aromatic rings. The van der Waals surface area contributed by atoms with E-state index in [1.54, 1.807) is 13.8 Å². The van der Waals surface area contributed by atoms with Crippen LogP contribution in [0.5, 0.6) is 0 Å². The summed E-state index contributed by atoms with van der Waals surface area (Å²) in [6.45, 7) is 4.13. The number of carbonyl (C=O) groups excluding carboxylic acids is 4. The normalized spacial score (nSPS) is 16.4. The van der Waals surface area contributed by atoms with Gasteiger partial charge in [-0.1, -0.05) is 13.8 Å². The van der Waals surface area contributed by atoms with Crippen molar-refractivity contribution in [1.29, 1.82) is 0 Å². The predicted octanol–water partition coefficient (Wildman–Crippen LogP) is -1.36. The summed E-state index contributed by atoms with van der Waals surface area (Å²) in [4.78, 5) is 58.3. The van der Waals surface area contributed by atoms with Crippen molar-refractivity contribution in [2.24, 2.45) is 5.92 Å². The number of rotatable bonds is 7. The van der Waals surface area contributed by atoms with Gasteiger partial charge in [0.25, 0.3) is 11.8 Å². The first kappa shape index (κ1) is 18.3. The molecule has 1 aliphatic heterocycles. The van der Waals surface area contributed by atoms with Gasteiger partial charge in [0.15, 0.2) is 0 Å². The van der Waals surface area contributed by atoms with Crippen molar-refractivity contribution in [2.75, 3.05) is 6.54 Å². The van der Waals surface area contributed by atoms with Crippen molar-refractivity contribution >= 4 is 29.6 Å². The molecule has 1 rings (SSSR count). The third kappa shape index (κ3) is 4.90. The number of carbonyl (C=O) groups is 5. The molecule has 3 N–H and O–H groups in total. The smallest absolute Gasteiger partial charge is 0.325 e. The summed E-state index contributed by atoms with van der Waals surface area (Å²) in [7, 11) is 0. The van der Waals surface area contributed by atoms with E-state index in [9.17, 15) is 24.0 Å². The van der Waals surface area contributed by atoms with Crippen LogP contribution in [0.25, 0.3) is 0 Å². The highest BCUT2D eigenvalue weighted by Gasteiger charge is 2.30. The Morgan fingerprint density at radius 1 is 1.09 bits per heavy atom. The van der Waals surface area contributed by atoms with Gasteiger partial charge in [0.2, 0.25) is 11.8 Å². The van der Waals surface area contributed by atoms with Crippen LogP contribution in [0.15, 0.2) is 12.2 Å². The third-order valence-corrected chi connectivity index (χ3v) is 3.20. The quantitative estimate of drug-likeness (QED) is 0.495. The molecular formula is C14H19N3O6. The van der Waals surface area contributed by atoms with E-state index in [2.05, 4.69) is 10.6 Å². The molecule has 0 aromatic carbocycles. The summed E-state index contributed by atoms with van der Waals surface area (Å²) in [6, 6.07) is -2.09. The molecule has 9 nitrogen and oxygen atoms in total. The van der Waals surface area contributed by atoms with Gasteiger partial charge < -0.3 is 15.7 Å². The summed E-state index contributed by atoms with van der Waals surface area (Å²) in [6.07, 6.45) is 2.10. The van der Waals surface area contributed by atoms with E-state index >= 15 is 0 Å². The topological polar surface area (TPSA) is 133 Å². The lowest BCUT2D eigenvalue weighted by molar-refractivity contribution is -0.143. The number of carboxylic acids is 1. The molecule has 0 bridgehead atoms. The summed E-state index contributed by atoms with van der Waals surface area (Å²) < 4.78 is 0. The van der Waals surface area contributed by atoms with Crippen LogP contribution in [0.2, 0.25) is 0 Å². The Morgan fingerprint density at radius 3 is 2.04 bits per heavy atom. The molecular weight excluding hydrogens is 306 g/mol. The van der Waals surface area contributed by atoms with Gasteiger partial charge in [-0.25, -0.2) is 0 Å². The number of nitrogens with zero attached hydrogens (tertiary/aromatic N) is 1. The van der Waals surface area contributed by atoms with Crippen molar-refractivity contribution in [3.05, 3.63) is 12.2 Å². The van der Waals surface area contributed by atoms with Gasteiger partial charge >= 0.3 is 5.97 Å². The molecule has 0 radical (unpaired) electrons. The average molecular weight is 325 g/mol. The van der Waals surface area contributed by atoms with E-state index in [4.69, 9.17) is 5.11 Å². The van der Waals surface area contributed by atoms with Crippen LogP contribution in [0, 0.1) is 5.92 Å². The lowest BCUT2D eigenvalue weighted by Crippen LogP contribution is -2.54. The number of hydrogen-bond acceptors (Lipinski definition) is 5. The van der Waals surface area contributed by atoms with Gasteiger partial charge in [-0.05, 0) is 12.8 Å². The molecule has 1 aliphatic rings. The van der Waals surface area contributed by atoms with Gasteiger partial charge in [0, 0.05) is 12.2 Å². The maximum Gasteiger partial charge on any atom is 0.325 e. The van der Waals surface area contributed by atoms with E-state index in [1.807, 2.05) is 0 Å². The number of aliphatic carboxylic acids is 1. The highest BCUT2D eigenvalue weighted by Crippen LogP contribution is 2.05. The predicted molar refractivity (Wildman–Crippen MR) is 77.9 cm³/mol. The molecule has 9 heteroatoms. The van der Waals surface area contributed by atoms with E-state index in [0.29, 0.717) is 0 Å². The highest BCUT2D eigenvalue weighted by molar-refractivity contribution is 6.14. The van der Waals surface area contributed by atoms with Crippen LogP contribution in [-0.4, -0.2) is 58.2 Å². The van der Waals surface area contributed by atoms with Crippen LogP contribution in [0.1, 0.15) is 20.8 Å². The molecule has 1 heterocycles. The number of imide groups is 1. The van der Waals surface area contributed by atoms with Crippen molar-refractivity contribution in [1.82, 2.24) is 15.5 Å². The largest absolute Gasteiger partial charge is 0.480 e. The van der Waals surface area contributed by atoms with Crippen molar-refractivity contribution < 1.29 is 29.1 Å². The fourth-order valence-corrected chi connectivity index (χ4v) is 1.85. The van der Waals surface area contributed by atoms with E-state index in [-0.39, 0.29) is 5.92 Å². The van der Waals surface area contributed by atoms with Crippen LogP contribution in [-0.2, 0) is 24.0 Å². The summed E-state index contributed by atoms with van der Waals surface area (Å²) in [5.41, 5.74) is 0. The first-order chi connectivity index (χ1) is 10.6. The van der Waals surface area contributed by atoms with Crippen LogP contribution in [0.3, 0.4) is 0 Å². The van der Waals surface area contributed by atoms with E-state index in [1.165, 1.54) is 6.92 Å². The zero-order valence-corrected chi connectivity index (χ0v) is 13.0. The van der Waals surface area contributed by atoms with Crippen molar-refractivity contribution in [3.8, 4) is 0 Å². The second-order valence-electron chi connectivity index (χ2n) is 5.45. The molecule has 0 saturated carbocycles. The molecule has 126 valence electrons. The monoisotopic (exact) mass is 325 g/mol. The van der Waals surface area contributed by atoms with Gasteiger partial charge in [-0.15, -0.1) is 0 Å². The standard InChI is InChI=1S/C14H19N3O6/c1-7(2)12(13(21)15-8(3)14(22)23)16-9(18)6-17-10(19)4-5-11(17)20/h4-5,7-8,12H,6H2,1-3H3,(H,15,21)(H,16,18)(H,22,23). The number of nitrogens with one attached hydrogen (secondary N) is 2. The second kappa shape index (κ2) is 7.52. The fraction of sp³-hybridized carbons (Fsp3) is 0.500. The Kier molecular flexibility index (Phi) is 6.00. The first-order valence-electron chi connectivity index (χ1n) is 6.99. The maximum atomic E-state index is 12.1. The van der Waals surface area contributed by atoms with Gasteiger partial charge in [0.05, 0.1) is 0 Å². The molecule has 2 atom stereocenters. The first-order valence-corrected chi connectivity index (χ1v) is 6.99. The molecule has 4 amide bonds. The summed E-state index contributed by atoms with van der Waals surface area (Å²) in [5, 5.41) is 13.5. The Morgan fingerprint density at radius 2 is 1.61 bits per heavy atom. The second-order valence-corrected chi connectivity index (χ2v) is 5.45. The molecule has 0 fully saturated rings. The van der Waals surface area contributed by atoms with Gasteiger partial charge in [-0.2, -0.15) is 0 Å². The lowest BCUT2D eigenvalue weighted by atomic mass is 10.0. The fourth-order valence-electron chi connectivity index (χ4n) is 1.85. The maximum absolute atomic E-state index is 12.1. The van der Waals surface area contributed by atoms with Crippen molar-refractivity contribution in [3.63, 3.8) is 0 Å². The van der Waals surface area contributed by atoms with Crippen molar-refractivity contribution in [2.45, 2.75) is 32.9 Å². The van der Waals surface area contributed by atoms with Crippen LogP contribution in [0.4, 0.5) is 0 Å². The Bertz CT molecular complexity index is 551. The number of hydrogen-bond donors (Lipinski definition) is 3. The summed E-state index contributed by atoms with van der Waals surface area (Å²) in [5.74, 6) is -4.06. The Balaban J connectivity index is 2.67. The molecule has 0 saturated heterocycles.